The zero-order valence-electron chi connectivity index (χ0n) is 11.7. The lowest BCUT2D eigenvalue weighted by Crippen LogP contribution is -2.52. The molecule has 2 N–H and O–H groups in total. The van der Waals surface area contributed by atoms with E-state index in [0.717, 1.165) is 25.8 Å². The molecule has 1 aliphatic heterocycles. The Kier molecular flexibility index (Phi) is 5.04. The van der Waals surface area contributed by atoms with Crippen LogP contribution in [0.2, 0.25) is 0 Å². The lowest BCUT2D eigenvalue weighted by molar-refractivity contribution is -0.136. The Balaban J connectivity index is 1.89. The van der Waals surface area contributed by atoms with Crippen LogP contribution in [0.15, 0.2) is 0 Å². The molecule has 2 aliphatic rings. The first-order chi connectivity index (χ1) is 8.68. The maximum Gasteiger partial charge on any atom is 0.223 e. The number of nitrogens with two attached hydrogens (primary N) is 1. The zero-order valence-corrected chi connectivity index (χ0v) is 11.7. The van der Waals surface area contributed by atoms with Gasteiger partial charge in [-0.25, -0.2) is 0 Å². The van der Waals surface area contributed by atoms with Gasteiger partial charge in [-0.3, -0.25) is 4.79 Å². The molecule has 104 valence electrons. The van der Waals surface area contributed by atoms with Gasteiger partial charge in [0.15, 0.2) is 0 Å². The van der Waals surface area contributed by atoms with Gasteiger partial charge in [0.1, 0.15) is 0 Å². The van der Waals surface area contributed by atoms with Gasteiger partial charge in [-0.1, -0.05) is 19.3 Å². The molecule has 0 aromatic rings. The topological polar surface area (TPSA) is 46.3 Å². The van der Waals surface area contributed by atoms with Gasteiger partial charge < -0.3 is 10.6 Å². The average molecular weight is 252 g/mol. The van der Waals surface area contributed by atoms with E-state index in [1.807, 2.05) is 6.92 Å². The highest BCUT2D eigenvalue weighted by Crippen LogP contribution is 2.28. The molecule has 1 aliphatic carbocycles. The molecular formula is C15H28N2O. The summed E-state index contributed by atoms with van der Waals surface area (Å²) in [6.07, 6.45) is 10.7. The molecule has 2 fully saturated rings. The molecule has 2 rings (SSSR count). The van der Waals surface area contributed by atoms with Gasteiger partial charge in [-0.15, -0.1) is 0 Å². The molecule has 18 heavy (non-hydrogen) atoms. The van der Waals surface area contributed by atoms with Gasteiger partial charge in [0.05, 0.1) is 0 Å². The highest BCUT2D eigenvalue weighted by molar-refractivity contribution is 5.77. The predicted molar refractivity (Wildman–Crippen MR) is 74.2 cm³/mol. The van der Waals surface area contributed by atoms with Gasteiger partial charge in [0, 0.05) is 25.0 Å². The number of hydrogen-bond donors (Lipinski definition) is 1. The first-order valence-electron chi connectivity index (χ1n) is 7.73. The van der Waals surface area contributed by atoms with Crippen molar-refractivity contribution in [1.82, 2.24) is 4.90 Å². The fourth-order valence-corrected chi connectivity index (χ4v) is 3.57. The Morgan fingerprint density at radius 3 is 2.50 bits per heavy atom. The van der Waals surface area contributed by atoms with E-state index in [9.17, 15) is 4.79 Å². The third kappa shape index (κ3) is 3.47. The van der Waals surface area contributed by atoms with E-state index in [2.05, 4.69) is 4.90 Å². The predicted octanol–water partition coefficient (Wildman–Crippen LogP) is 2.69. The Morgan fingerprint density at radius 1 is 1.17 bits per heavy atom. The second-order valence-electron chi connectivity index (χ2n) is 6.22. The minimum absolute atomic E-state index is 0.112. The van der Waals surface area contributed by atoms with Crippen molar-refractivity contribution in [1.29, 1.82) is 0 Å². The number of carbonyl (C=O) groups is 1. The smallest absolute Gasteiger partial charge is 0.223 e. The van der Waals surface area contributed by atoms with Gasteiger partial charge in [0.2, 0.25) is 5.91 Å². The third-order valence-corrected chi connectivity index (χ3v) is 4.66. The van der Waals surface area contributed by atoms with Crippen molar-refractivity contribution < 1.29 is 4.79 Å². The number of amides is 1. The minimum Gasteiger partial charge on any atom is -0.338 e. The molecular weight excluding hydrogens is 224 g/mol. The molecule has 0 aromatic heterocycles. The highest BCUT2D eigenvalue weighted by atomic mass is 16.2. The number of piperidine rings is 1. The van der Waals surface area contributed by atoms with Gasteiger partial charge in [-0.05, 0) is 44.9 Å². The van der Waals surface area contributed by atoms with Crippen LogP contribution in [0.25, 0.3) is 0 Å². The summed E-state index contributed by atoms with van der Waals surface area (Å²) in [5.74, 6) is 1.01. The van der Waals surface area contributed by atoms with Crippen molar-refractivity contribution in [2.24, 2.45) is 11.7 Å². The van der Waals surface area contributed by atoms with Crippen LogP contribution >= 0.6 is 0 Å². The highest BCUT2D eigenvalue weighted by Gasteiger charge is 2.30. The van der Waals surface area contributed by atoms with Crippen molar-refractivity contribution in [2.45, 2.75) is 76.8 Å². The summed E-state index contributed by atoms with van der Waals surface area (Å²) in [7, 11) is 0. The van der Waals surface area contributed by atoms with Crippen LogP contribution in [0.3, 0.4) is 0 Å². The number of likely N-dealkylation sites (tertiary alicyclic amines) is 1. The summed E-state index contributed by atoms with van der Waals surface area (Å²) < 4.78 is 0. The molecule has 2 unspecified atom stereocenters. The van der Waals surface area contributed by atoms with Crippen LogP contribution in [0.4, 0.5) is 0 Å². The molecule has 1 saturated heterocycles. The second kappa shape index (κ2) is 6.55. The lowest BCUT2D eigenvalue weighted by atomic mass is 9.86. The van der Waals surface area contributed by atoms with Crippen LogP contribution in [-0.4, -0.2) is 29.4 Å². The Bertz CT molecular complexity index is 272. The van der Waals surface area contributed by atoms with Crippen molar-refractivity contribution in [3.63, 3.8) is 0 Å². The molecule has 0 spiro atoms. The summed E-state index contributed by atoms with van der Waals surface area (Å²) >= 11 is 0. The van der Waals surface area contributed by atoms with Crippen LogP contribution in [0, 0.1) is 5.92 Å². The first-order valence-corrected chi connectivity index (χ1v) is 7.73. The largest absolute Gasteiger partial charge is 0.338 e. The first kappa shape index (κ1) is 13.9. The molecule has 1 heterocycles. The minimum atomic E-state index is 0.112. The van der Waals surface area contributed by atoms with Crippen molar-refractivity contribution in [2.75, 3.05) is 6.54 Å². The fourth-order valence-electron chi connectivity index (χ4n) is 3.57. The van der Waals surface area contributed by atoms with Crippen molar-refractivity contribution in [3.05, 3.63) is 0 Å². The summed E-state index contributed by atoms with van der Waals surface area (Å²) in [5.41, 5.74) is 6.03. The van der Waals surface area contributed by atoms with Crippen molar-refractivity contribution >= 4 is 5.91 Å². The van der Waals surface area contributed by atoms with Gasteiger partial charge >= 0.3 is 0 Å². The van der Waals surface area contributed by atoms with E-state index in [-0.39, 0.29) is 12.1 Å². The Labute approximate surface area is 111 Å². The number of rotatable bonds is 3. The van der Waals surface area contributed by atoms with E-state index in [0.29, 0.717) is 11.8 Å². The monoisotopic (exact) mass is 252 g/mol. The van der Waals surface area contributed by atoms with Gasteiger partial charge in [0.25, 0.3) is 0 Å². The van der Waals surface area contributed by atoms with E-state index in [1.54, 1.807) is 0 Å². The second-order valence-corrected chi connectivity index (χ2v) is 6.22. The molecule has 1 saturated carbocycles. The van der Waals surface area contributed by atoms with Crippen molar-refractivity contribution in [3.8, 4) is 0 Å². The van der Waals surface area contributed by atoms with E-state index in [4.69, 9.17) is 5.73 Å². The number of carbonyl (C=O) groups excluding carboxylic acids is 1. The molecule has 0 bridgehead atoms. The third-order valence-electron chi connectivity index (χ3n) is 4.66. The van der Waals surface area contributed by atoms with E-state index < -0.39 is 0 Å². The molecule has 0 radical (unpaired) electrons. The maximum absolute atomic E-state index is 12.5. The zero-order chi connectivity index (χ0) is 13.0. The van der Waals surface area contributed by atoms with E-state index in [1.165, 1.54) is 38.5 Å². The average Bonchev–Trinajstić information content (AvgIpc) is 2.40. The van der Waals surface area contributed by atoms with E-state index >= 15 is 0 Å². The van der Waals surface area contributed by atoms with Crippen LogP contribution in [-0.2, 0) is 4.79 Å². The fraction of sp³-hybridized carbons (Fsp3) is 0.933. The SMILES string of the molecule is CC(N)C1CCCCN1C(=O)CC1CCCCC1. The summed E-state index contributed by atoms with van der Waals surface area (Å²) in [4.78, 5) is 14.5. The normalized spacial score (nSPS) is 28.1. The molecule has 2 atom stereocenters. The van der Waals surface area contributed by atoms with Crippen LogP contribution in [0.5, 0.6) is 0 Å². The molecule has 3 nitrogen and oxygen atoms in total. The van der Waals surface area contributed by atoms with Crippen LogP contribution < -0.4 is 5.73 Å². The summed E-state index contributed by atoms with van der Waals surface area (Å²) in [6, 6.07) is 0.399. The number of hydrogen-bond acceptors (Lipinski definition) is 2. The quantitative estimate of drug-likeness (QED) is 0.839. The Hall–Kier alpha value is -0.570. The summed E-state index contributed by atoms with van der Waals surface area (Å²) in [6.45, 7) is 2.97. The molecule has 1 amide bonds. The summed E-state index contributed by atoms with van der Waals surface area (Å²) in [5, 5.41) is 0. The lowest BCUT2D eigenvalue weighted by Gasteiger charge is -2.39. The maximum atomic E-state index is 12.5. The van der Waals surface area contributed by atoms with Crippen LogP contribution in [0.1, 0.15) is 64.7 Å². The molecule has 3 heteroatoms. The van der Waals surface area contributed by atoms with Gasteiger partial charge in [-0.2, -0.15) is 0 Å². The number of nitrogens with zero attached hydrogens (tertiary/aromatic N) is 1. The molecule has 0 aromatic carbocycles. The standard InChI is InChI=1S/C15H28N2O/c1-12(16)14-9-5-6-10-17(14)15(18)11-13-7-3-2-4-8-13/h12-14H,2-11,16H2,1H3. The Morgan fingerprint density at radius 2 is 1.83 bits per heavy atom.